The van der Waals surface area contributed by atoms with Crippen LogP contribution in [0.3, 0.4) is 0 Å². The minimum atomic E-state index is 0.208. The molecule has 1 N–H and O–H groups in total. The van der Waals surface area contributed by atoms with Crippen molar-refractivity contribution >= 4 is 0 Å². The normalized spacial score (nSPS) is 22.4. The van der Waals surface area contributed by atoms with Crippen LogP contribution in [0.25, 0.3) is 0 Å². The molecule has 1 fully saturated rings. The van der Waals surface area contributed by atoms with Gasteiger partial charge in [-0.05, 0) is 55.8 Å². The third-order valence-corrected chi connectivity index (χ3v) is 4.45. The van der Waals surface area contributed by atoms with Gasteiger partial charge in [-0.3, -0.25) is 0 Å². The molecule has 2 heterocycles. The fourth-order valence-corrected chi connectivity index (χ4v) is 2.94. The molecule has 0 amide bonds. The van der Waals surface area contributed by atoms with Crippen molar-refractivity contribution in [3.8, 4) is 0 Å². The molecular weight excluding hydrogens is 262 g/mol. The first kappa shape index (κ1) is 14.3. The van der Waals surface area contributed by atoms with Gasteiger partial charge in [-0.25, -0.2) is 0 Å². The lowest BCUT2D eigenvalue weighted by Gasteiger charge is -2.26. The van der Waals surface area contributed by atoms with Crippen LogP contribution in [0.4, 0.5) is 0 Å². The Labute approximate surface area is 126 Å². The number of aryl methyl sites for hydroxylation is 2. The molecule has 0 aliphatic carbocycles. The first-order chi connectivity index (χ1) is 10.1. The zero-order valence-corrected chi connectivity index (χ0v) is 13.0. The van der Waals surface area contributed by atoms with Crippen LogP contribution in [0.1, 0.15) is 54.2 Å². The summed E-state index contributed by atoms with van der Waals surface area (Å²) in [7, 11) is 0. The molecular formula is C17H23N3O. The second kappa shape index (κ2) is 5.98. The Morgan fingerprint density at radius 3 is 2.90 bits per heavy atom. The van der Waals surface area contributed by atoms with Gasteiger partial charge >= 0.3 is 0 Å². The SMILES string of the molecule is Cc1ccc(Cc2noc(C3NCCCC3C)n2)cc1C. The Kier molecular flexibility index (Phi) is 4.06. The van der Waals surface area contributed by atoms with E-state index in [4.69, 9.17) is 4.52 Å². The molecule has 1 aromatic carbocycles. The number of rotatable bonds is 3. The monoisotopic (exact) mass is 285 g/mol. The van der Waals surface area contributed by atoms with E-state index in [0.717, 1.165) is 24.7 Å². The minimum Gasteiger partial charge on any atom is -0.338 e. The highest BCUT2D eigenvalue weighted by Gasteiger charge is 2.27. The van der Waals surface area contributed by atoms with E-state index in [2.05, 4.69) is 54.4 Å². The first-order valence-electron chi connectivity index (χ1n) is 7.75. The fourth-order valence-electron chi connectivity index (χ4n) is 2.94. The zero-order chi connectivity index (χ0) is 14.8. The number of nitrogens with one attached hydrogen (secondary N) is 1. The standard InChI is InChI=1S/C17H23N3O/c1-11-6-7-14(9-13(11)3)10-15-19-17(21-20-15)16-12(2)5-4-8-18-16/h6-7,9,12,16,18H,4-5,8,10H2,1-3H3. The molecule has 0 radical (unpaired) electrons. The predicted octanol–water partition coefficient (Wildman–Crippen LogP) is 3.34. The Morgan fingerprint density at radius 2 is 2.14 bits per heavy atom. The minimum absolute atomic E-state index is 0.208. The van der Waals surface area contributed by atoms with E-state index < -0.39 is 0 Å². The van der Waals surface area contributed by atoms with Gasteiger partial charge in [0.2, 0.25) is 5.89 Å². The van der Waals surface area contributed by atoms with Crippen molar-refractivity contribution < 1.29 is 4.52 Å². The Hall–Kier alpha value is -1.68. The van der Waals surface area contributed by atoms with Crippen LogP contribution < -0.4 is 5.32 Å². The van der Waals surface area contributed by atoms with Crippen LogP contribution in [-0.2, 0) is 6.42 Å². The van der Waals surface area contributed by atoms with Crippen LogP contribution in [0, 0.1) is 19.8 Å². The van der Waals surface area contributed by atoms with E-state index in [9.17, 15) is 0 Å². The average Bonchev–Trinajstić information content (AvgIpc) is 2.92. The molecule has 4 heteroatoms. The van der Waals surface area contributed by atoms with E-state index in [1.54, 1.807) is 0 Å². The Bertz CT molecular complexity index is 620. The van der Waals surface area contributed by atoms with Crippen molar-refractivity contribution in [3.63, 3.8) is 0 Å². The fraction of sp³-hybridized carbons (Fsp3) is 0.529. The molecule has 112 valence electrons. The van der Waals surface area contributed by atoms with Crippen LogP contribution in [-0.4, -0.2) is 16.7 Å². The van der Waals surface area contributed by atoms with Crippen LogP contribution in [0.5, 0.6) is 0 Å². The molecule has 2 atom stereocenters. The van der Waals surface area contributed by atoms with Gasteiger partial charge in [0, 0.05) is 6.42 Å². The summed E-state index contributed by atoms with van der Waals surface area (Å²) >= 11 is 0. The zero-order valence-electron chi connectivity index (χ0n) is 13.0. The Morgan fingerprint density at radius 1 is 1.29 bits per heavy atom. The quantitative estimate of drug-likeness (QED) is 0.939. The lowest BCUT2D eigenvalue weighted by molar-refractivity contribution is 0.239. The second-order valence-electron chi connectivity index (χ2n) is 6.20. The van der Waals surface area contributed by atoms with Gasteiger partial charge in [-0.15, -0.1) is 0 Å². The topological polar surface area (TPSA) is 51.0 Å². The number of hydrogen-bond acceptors (Lipinski definition) is 4. The highest BCUT2D eigenvalue weighted by Crippen LogP contribution is 2.27. The van der Waals surface area contributed by atoms with Crippen molar-refractivity contribution in [2.24, 2.45) is 5.92 Å². The molecule has 1 saturated heterocycles. The average molecular weight is 285 g/mol. The lowest BCUT2D eigenvalue weighted by atomic mass is 9.93. The molecule has 3 rings (SSSR count). The van der Waals surface area contributed by atoms with Gasteiger partial charge in [-0.1, -0.05) is 30.3 Å². The van der Waals surface area contributed by atoms with Gasteiger partial charge in [0.05, 0.1) is 6.04 Å². The van der Waals surface area contributed by atoms with Gasteiger partial charge in [-0.2, -0.15) is 4.98 Å². The van der Waals surface area contributed by atoms with Crippen molar-refractivity contribution in [2.75, 3.05) is 6.54 Å². The molecule has 1 aliphatic heterocycles. The summed E-state index contributed by atoms with van der Waals surface area (Å²) in [5.74, 6) is 2.06. The van der Waals surface area contributed by atoms with Crippen molar-refractivity contribution in [3.05, 3.63) is 46.6 Å². The summed E-state index contributed by atoms with van der Waals surface area (Å²) in [4.78, 5) is 4.59. The van der Waals surface area contributed by atoms with Crippen LogP contribution in [0.15, 0.2) is 22.7 Å². The summed E-state index contributed by atoms with van der Waals surface area (Å²) in [5, 5.41) is 7.63. The molecule has 2 unspecified atom stereocenters. The maximum Gasteiger partial charge on any atom is 0.244 e. The summed E-state index contributed by atoms with van der Waals surface area (Å²) in [6, 6.07) is 6.70. The van der Waals surface area contributed by atoms with Gasteiger partial charge in [0.15, 0.2) is 5.82 Å². The van der Waals surface area contributed by atoms with E-state index in [1.165, 1.54) is 29.5 Å². The third-order valence-electron chi connectivity index (χ3n) is 4.45. The van der Waals surface area contributed by atoms with Crippen LogP contribution in [0.2, 0.25) is 0 Å². The molecule has 4 nitrogen and oxygen atoms in total. The molecule has 0 spiro atoms. The number of benzene rings is 1. The van der Waals surface area contributed by atoms with Crippen molar-refractivity contribution in [1.29, 1.82) is 0 Å². The number of nitrogens with zero attached hydrogens (tertiary/aromatic N) is 2. The largest absolute Gasteiger partial charge is 0.338 e. The van der Waals surface area contributed by atoms with E-state index in [1.807, 2.05) is 0 Å². The summed E-state index contributed by atoms with van der Waals surface area (Å²) in [6.07, 6.45) is 3.17. The highest BCUT2D eigenvalue weighted by atomic mass is 16.5. The van der Waals surface area contributed by atoms with Gasteiger partial charge in [0.25, 0.3) is 0 Å². The molecule has 21 heavy (non-hydrogen) atoms. The van der Waals surface area contributed by atoms with Crippen molar-refractivity contribution in [1.82, 2.24) is 15.5 Å². The summed E-state index contributed by atoms with van der Waals surface area (Å²) in [6.45, 7) is 7.53. The van der Waals surface area contributed by atoms with Gasteiger partial charge < -0.3 is 9.84 Å². The third kappa shape index (κ3) is 3.16. The van der Waals surface area contributed by atoms with E-state index >= 15 is 0 Å². The van der Waals surface area contributed by atoms with Crippen LogP contribution >= 0.6 is 0 Å². The summed E-state index contributed by atoms with van der Waals surface area (Å²) < 4.78 is 5.48. The predicted molar refractivity (Wildman–Crippen MR) is 82.2 cm³/mol. The van der Waals surface area contributed by atoms with E-state index in [-0.39, 0.29) is 6.04 Å². The lowest BCUT2D eigenvalue weighted by Crippen LogP contribution is -2.33. The maximum atomic E-state index is 5.48. The summed E-state index contributed by atoms with van der Waals surface area (Å²) in [5.41, 5.74) is 3.85. The molecule has 2 aromatic rings. The molecule has 0 saturated carbocycles. The molecule has 1 aliphatic rings. The maximum absolute atomic E-state index is 5.48. The molecule has 1 aromatic heterocycles. The number of piperidine rings is 1. The number of hydrogen-bond donors (Lipinski definition) is 1. The number of aromatic nitrogens is 2. The van der Waals surface area contributed by atoms with Crippen molar-refractivity contribution in [2.45, 2.75) is 46.1 Å². The van der Waals surface area contributed by atoms with E-state index in [0.29, 0.717) is 5.92 Å². The Balaban J connectivity index is 1.74. The van der Waals surface area contributed by atoms with Gasteiger partial charge in [0.1, 0.15) is 0 Å². The molecule has 0 bridgehead atoms. The highest BCUT2D eigenvalue weighted by molar-refractivity contribution is 5.31. The second-order valence-corrected chi connectivity index (χ2v) is 6.20. The first-order valence-corrected chi connectivity index (χ1v) is 7.75. The smallest absolute Gasteiger partial charge is 0.244 e.